The number of nitrogens with zero attached hydrogens (tertiary/aromatic N) is 1. The van der Waals surface area contributed by atoms with Gasteiger partial charge in [0.25, 0.3) is 5.91 Å². The van der Waals surface area contributed by atoms with E-state index in [1.165, 1.54) is 24.5 Å². The first-order valence-electron chi connectivity index (χ1n) is 5.19. The van der Waals surface area contributed by atoms with E-state index >= 15 is 0 Å². The van der Waals surface area contributed by atoms with Gasteiger partial charge in [0.05, 0.1) is 0 Å². The van der Waals surface area contributed by atoms with Crippen LogP contribution in [0.4, 0.5) is 4.39 Å². The van der Waals surface area contributed by atoms with Crippen LogP contribution in [-0.4, -0.2) is 17.6 Å². The quantitative estimate of drug-likeness (QED) is 0.877. The lowest BCUT2D eigenvalue weighted by Gasteiger charge is -2.03. The van der Waals surface area contributed by atoms with Gasteiger partial charge < -0.3 is 9.84 Å². The Bertz CT molecular complexity index is 480. The second-order valence-corrected chi connectivity index (χ2v) is 3.52. The standard InChI is InChI=1S/C12H11FN2O2/c13-10-3-1-9(2-4-10)5-7-14-12(16)11-6-8-17-15-11/h1-4,6,8H,5,7H2,(H,14,16). The molecule has 0 aliphatic carbocycles. The summed E-state index contributed by atoms with van der Waals surface area (Å²) in [5, 5.41) is 6.21. The third-order valence-corrected chi connectivity index (χ3v) is 2.28. The molecule has 0 radical (unpaired) electrons. The first-order valence-corrected chi connectivity index (χ1v) is 5.19. The van der Waals surface area contributed by atoms with E-state index in [1.54, 1.807) is 12.1 Å². The summed E-state index contributed by atoms with van der Waals surface area (Å²) in [6, 6.07) is 7.67. The minimum absolute atomic E-state index is 0.254. The monoisotopic (exact) mass is 234 g/mol. The Kier molecular flexibility index (Phi) is 3.49. The van der Waals surface area contributed by atoms with Crippen molar-refractivity contribution < 1.29 is 13.7 Å². The molecule has 0 atom stereocenters. The normalized spacial score (nSPS) is 10.2. The number of rotatable bonds is 4. The van der Waals surface area contributed by atoms with Crippen LogP contribution in [0.3, 0.4) is 0 Å². The molecule has 4 nitrogen and oxygen atoms in total. The fraction of sp³-hybridized carbons (Fsp3) is 0.167. The van der Waals surface area contributed by atoms with E-state index in [9.17, 15) is 9.18 Å². The highest BCUT2D eigenvalue weighted by atomic mass is 19.1. The molecule has 1 N–H and O–H groups in total. The van der Waals surface area contributed by atoms with Crippen molar-refractivity contribution in [1.82, 2.24) is 10.5 Å². The first kappa shape index (κ1) is 11.3. The number of amides is 1. The zero-order valence-electron chi connectivity index (χ0n) is 9.02. The van der Waals surface area contributed by atoms with Gasteiger partial charge >= 0.3 is 0 Å². The van der Waals surface area contributed by atoms with Crippen LogP contribution in [0, 0.1) is 5.82 Å². The summed E-state index contributed by atoms with van der Waals surface area (Å²) >= 11 is 0. The Morgan fingerprint density at radius 3 is 2.71 bits per heavy atom. The summed E-state index contributed by atoms with van der Waals surface area (Å²) < 4.78 is 17.2. The molecule has 17 heavy (non-hydrogen) atoms. The second-order valence-electron chi connectivity index (χ2n) is 3.52. The number of aromatic nitrogens is 1. The predicted molar refractivity (Wildman–Crippen MR) is 58.9 cm³/mol. The zero-order valence-corrected chi connectivity index (χ0v) is 9.02. The third kappa shape index (κ3) is 3.14. The van der Waals surface area contributed by atoms with E-state index < -0.39 is 0 Å². The molecular weight excluding hydrogens is 223 g/mol. The molecule has 1 aromatic heterocycles. The maximum absolute atomic E-state index is 12.6. The van der Waals surface area contributed by atoms with Gasteiger partial charge in [0.15, 0.2) is 5.69 Å². The molecule has 1 amide bonds. The van der Waals surface area contributed by atoms with Crippen molar-refractivity contribution in [3.63, 3.8) is 0 Å². The summed E-state index contributed by atoms with van der Waals surface area (Å²) in [6.07, 6.45) is 1.98. The van der Waals surface area contributed by atoms with Gasteiger partial charge in [-0.05, 0) is 24.1 Å². The van der Waals surface area contributed by atoms with E-state index in [-0.39, 0.29) is 17.4 Å². The second kappa shape index (κ2) is 5.25. The molecule has 88 valence electrons. The fourth-order valence-corrected chi connectivity index (χ4v) is 1.39. The van der Waals surface area contributed by atoms with Gasteiger partial charge in [-0.25, -0.2) is 4.39 Å². The number of benzene rings is 1. The van der Waals surface area contributed by atoms with Crippen molar-refractivity contribution in [2.45, 2.75) is 6.42 Å². The Morgan fingerprint density at radius 1 is 1.29 bits per heavy atom. The van der Waals surface area contributed by atoms with Crippen LogP contribution in [-0.2, 0) is 6.42 Å². The Morgan fingerprint density at radius 2 is 2.06 bits per heavy atom. The van der Waals surface area contributed by atoms with Gasteiger partial charge in [-0.15, -0.1) is 0 Å². The van der Waals surface area contributed by atoms with Crippen molar-refractivity contribution >= 4 is 5.91 Å². The number of carbonyl (C=O) groups excluding carboxylic acids is 1. The van der Waals surface area contributed by atoms with Crippen molar-refractivity contribution in [2.24, 2.45) is 0 Å². The van der Waals surface area contributed by atoms with E-state index in [0.29, 0.717) is 13.0 Å². The molecule has 2 aromatic rings. The lowest BCUT2D eigenvalue weighted by Crippen LogP contribution is -2.25. The Hall–Kier alpha value is -2.17. The zero-order chi connectivity index (χ0) is 12.1. The van der Waals surface area contributed by atoms with Gasteiger partial charge in [-0.3, -0.25) is 4.79 Å². The van der Waals surface area contributed by atoms with Crippen molar-refractivity contribution in [2.75, 3.05) is 6.54 Å². The molecular formula is C12H11FN2O2. The SMILES string of the molecule is O=C(NCCc1ccc(F)cc1)c1ccon1. The molecule has 0 unspecified atom stereocenters. The van der Waals surface area contributed by atoms with Crippen LogP contribution in [0.1, 0.15) is 16.1 Å². The first-order chi connectivity index (χ1) is 8.25. The highest BCUT2D eigenvalue weighted by Gasteiger charge is 2.07. The minimum atomic E-state index is -0.277. The van der Waals surface area contributed by atoms with Crippen molar-refractivity contribution in [3.8, 4) is 0 Å². The van der Waals surface area contributed by atoms with Gasteiger partial charge in [0.2, 0.25) is 0 Å². The highest BCUT2D eigenvalue weighted by molar-refractivity contribution is 5.91. The molecule has 0 saturated heterocycles. The number of hydrogen-bond donors (Lipinski definition) is 1. The molecule has 1 heterocycles. The third-order valence-electron chi connectivity index (χ3n) is 2.28. The summed E-state index contributed by atoms with van der Waals surface area (Å²) in [7, 11) is 0. The molecule has 0 saturated carbocycles. The fourth-order valence-electron chi connectivity index (χ4n) is 1.39. The smallest absolute Gasteiger partial charge is 0.273 e. The average Bonchev–Trinajstić information content (AvgIpc) is 2.85. The molecule has 0 aliphatic rings. The molecule has 0 bridgehead atoms. The van der Waals surface area contributed by atoms with E-state index in [4.69, 9.17) is 0 Å². The molecule has 5 heteroatoms. The molecule has 1 aromatic carbocycles. The van der Waals surface area contributed by atoms with Gasteiger partial charge in [0.1, 0.15) is 12.1 Å². The van der Waals surface area contributed by atoms with Crippen LogP contribution in [0.2, 0.25) is 0 Å². The number of nitrogens with one attached hydrogen (secondary N) is 1. The van der Waals surface area contributed by atoms with Gasteiger partial charge in [0, 0.05) is 12.6 Å². The van der Waals surface area contributed by atoms with Crippen LogP contribution in [0.25, 0.3) is 0 Å². The van der Waals surface area contributed by atoms with Gasteiger partial charge in [-0.2, -0.15) is 0 Å². The minimum Gasteiger partial charge on any atom is -0.364 e. The average molecular weight is 234 g/mol. The lowest BCUT2D eigenvalue weighted by atomic mass is 10.1. The predicted octanol–water partition coefficient (Wildman–Crippen LogP) is 1.79. The lowest BCUT2D eigenvalue weighted by molar-refractivity contribution is 0.0945. The van der Waals surface area contributed by atoms with E-state index in [2.05, 4.69) is 15.0 Å². The largest absolute Gasteiger partial charge is 0.364 e. The van der Waals surface area contributed by atoms with Crippen LogP contribution in [0.5, 0.6) is 0 Å². The van der Waals surface area contributed by atoms with E-state index in [1.807, 2.05) is 0 Å². The highest BCUT2D eigenvalue weighted by Crippen LogP contribution is 2.03. The van der Waals surface area contributed by atoms with Crippen LogP contribution >= 0.6 is 0 Å². The van der Waals surface area contributed by atoms with Gasteiger partial charge in [-0.1, -0.05) is 17.3 Å². The summed E-state index contributed by atoms with van der Waals surface area (Å²) in [5.74, 6) is -0.541. The molecule has 0 aliphatic heterocycles. The van der Waals surface area contributed by atoms with Crippen LogP contribution in [0.15, 0.2) is 41.1 Å². The van der Waals surface area contributed by atoms with Crippen molar-refractivity contribution in [1.29, 1.82) is 0 Å². The molecule has 2 rings (SSSR count). The van der Waals surface area contributed by atoms with Crippen LogP contribution < -0.4 is 5.32 Å². The molecule has 0 fully saturated rings. The van der Waals surface area contributed by atoms with E-state index in [0.717, 1.165) is 5.56 Å². The maximum Gasteiger partial charge on any atom is 0.273 e. The number of halogens is 1. The Balaban J connectivity index is 1.80. The summed E-state index contributed by atoms with van der Waals surface area (Å²) in [6.45, 7) is 0.470. The summed E-state index contributed by atoms with van der Waals surface area (Å²) in [5.41, 5.74) is 1.22. The molecule has 0 spiro atoms. The topological polar surface area (TPSA) is 55.1 Å². The maximum atomic E-state index is 12.6. The number of hydrogen-bond acceptors (Lipinski definition) is 3. The van der Waals surface area contributed by atoms with Crippen molar-refractivity contribution in [3.05, 3.63) is 53.7 Å². The Labute approximate surface area is 97.4 Å². The summed E-state index contributed by atoms with van der Waals surface area (Å²) in [4.78, 5) is 11.5. The number of carbonyl (C=O) groups is 1.